The van der Waals surface area contributed by atoms with Gasteiger partial charge in [-0.05, 0) is 35.9 Å². The van der Waals surface area contributed by atoms with E-state index in [4.69, 9.17) is 4.42 Å². The van der Waals surface area contributed by atoms with Crippen molar-refractivity contribution in [1.29, 1.82) is 0 Å². The highest BCUT2D eigenvalue weighted by atomic mass is 32.1. The second-order valence-electron chi connectivity index (χ2n) is 5.96. The molecule has 0 bridgehead atoms. The number of furan rings is 1. The van der Waals surface area contributed by atoms with E-state index in [0.29, 0.717) is 9.88 Å². The first-order valence-electron chi connectivity index (χ1n) is 8.61. The first-order valence-corrected chi connectivity index (χ1v) is 9.43. The normalized spacial score (nSPS) is 10.4. The largest absolute Gasteiger partial charge is 0.459 e. The van der Waals surface area contributed by atoms with Crippen LogP contribution in [-0.4, -0.2) is 11.8 Å². The Kier molecular flexibility index (Phi) is 5.03. The molecule has 5 nitrogen and oxygen atoms in total. The predicted octanol–water partition coefficient (Wildman–Crippen LogP) is 5.51. The number of nitrogens with one attached hydrogen (secondary N) is 2. The lowest BCUT2D eigenvalue weighted by molar-refractivity contribution is 0.0995. The fourth-order valence-electron chi connectivity index (χ4n) is 2.75. The van der Waals surface area contributed by atoms with Crippen LogP contribution < -0.4 is 10.6 Å². The molecule has 4 rings (SSSR count). The topological polar surface area (TPSA) is 71.3 Å². The molecule has 4 aromatic rings. The first-order chi connectivity index (χ1) is 13.7. The zero-order valence-electron chi connectivity index (χ0n) is 14.7. The van der Waals surface area contributed by atoms with Crippen LogP contribution >= 0.6 is 11.3 Å². The summed E-state index contributed by atoms with van der Waals surface area (Å²) >= 11 is 1.20. The Balaban J connectivity index is 1.50. The fourth-order valence-corrected chi connectivity index (χ4v) is 3.55. The Morgan fingerprint density at radius 2 is 1.54 bits per heavy atom. The van der Waals surface area contributed by atoms with Crippen molar-refractivity contribution >= 4 is 33.8 Å². The molecule has 0 atom stereocenters. The average Bonchev–Trinajstić information content (AvgIpc) is 3.41. The van der Waals surface area contributed by atoms with E-state index in [1.807, 2.05) is 54.6 Å². The number of carbonyl (C=O) groups excluding carboxylic acids is 2. The van der Waals surface area contributed by atoms with E-state index in [-0.39, 0.29) is 17.6 Å². The van der Waals surface area contributed by atoms with Crippen molar-refractivity contribution in [2.24, 2.45) is 0 Å². The van der Waals surface area contributed by atoms with Crippen LogP contribution in [0.5, 0.6) is 0 Å². The van der Waals surface area contributed by atoms with Gasteiger partial charge in [-0.2, -0.15) is 0 Å². The summed E-state index contributed by atoms with van der Waals surface area (Å²) in [6.07, 6.45) is 1.44. The summed E-state index contributed by atoms with van der Waals surface area (Å²) in [7, 11) is 0. The fraction of sp³-hybridized carbons (Fsp3) is 0. The molecule has 138 valence electrons. The van der Waals surface area contributed by atoms with Gasteiger partial charge in [0, 0.05) is 11.3 Å². The van der Waals surface area contributed by atoms with Gasteiger partial charge in [-0.3, -0.25) is 9.59 Å². The zero-order valence-corrected chi connectivity index (χ0v) is 15.5. The molecular formula is C22H16N2O3S. The summed E-state index contributed by atoms with van der Waals surface area (Å²) in [5.41, 5.74) is 2.70. The molecule has 0 aliphatic carbocycles. The van der Waals surface area contributed by atoms with Gasteiger partial charge in [-0.1, -0.05) is 48.5 Å². The number of thiophene rings is 1. The summed E-state index contributed by atoms with van der Waals surface area (Å²) < 4.78 is 5.07. The van der Waals surface area contributed by atoms with Gasteiger partial charge in [-0.25, -0.2) is 0 Å². The lowest BCUT2D eigenvalue weighted by atomic mass is 10.0. The molecule has 0 saturated carbocycles. The summed E-state index contributed by atoms with van der Waals surface area (Å²) in [6, 6.07) is 24.1. The van der Waals surface area contributed by atoms with E-state index in [1.54, 1.807) is 24.3 Å². The van der Waals surface area contributed by atoms with E-state index in [0.717, 1.165) is 16.8 Å². The van der Waals surface area contributed by atoms with Crippen molar-refractivity contribution < 1.29 is 14.0 Å². The van der Waals surface area contributed by atoms with Crippen molar-refractivity contribution in [1.82, 2.24) is 0 Å². The third kappa shape index (κ3) is 3.87. The van der Waals surface area contributed by atoms with E-state index >= 15 is 0 Å². The Morgan fingerprint density at radius 3 is 2.32 bits per heavy atom. The first kappa shape index (κ1) is 17.8. The van der Waals surface area contributed by atoms with Gasteiger partial charge >= 0.3 is 0 Å². The molecule has 2 aromatic carbocycles. The van der Waals surface area contributed by atoms with Gasteiger partial charge in [0.2, 0.25) is 0 Å². The molecule has 0 spiro atoms. The molecule has 0 aliphatic heterocycles. The van der Waals surface area contributed by atoms with E-state index in [2.05, 4.69) is 10.6 Å². The molecule has 6 heteroatoms. The number of rotatable bonds is 5. The Morgan fingerprint density at radius 1 is 0.750 bits per heavy atom. The average molecular weight is 388 g/mol. The van der Waals surface area contributed by atoms with Gasteiger partial charge in [0.15, 0.2) is 5.76 Å². The van der Waals surface area contributed by atoms with Crippen LogP contribution in [0.25, 0.3) is 11.1 Å². The molecule has 2 aromatic heterocycles. The minimum absolute atomic E-state index is 0.219. The molecule has 0 fully saturated rings. The van der Waals surface area contributed by atoms with Crippen LogP contribution in [0.1, 0.15) is 20.2 Å². The molecule has 2 amide bonds. The molecule has 0 unspecified atom stereocenters. The standard InChI is InChI=1S/C22H16N2O3S/c25-21(18-11-6-14-27-18)24-20-13-12-19(28-20)22(26)23-17-10-5-4-9-16(17)15-7-2-1-3-8-15/h1-14H,(H,23,26)(H,24,25). The Hall–Kier alpha value is -3.64. The van der Waals surface area contributed by atoms with E-state index < -0.39 is 0 Å². The van der Waals surface area contributed by atoms with Crippen molar-refractivity contribution in [3.05, 3.63) is 95.8 Å². The third-order valence-corrected chi connectivity index (χ3v) is 5.07. The second-order valence-corrected chi connectivity index (χ2v) is 7.04. The number of amides is 2. The minimum Gasteiger partial charge on any atom is -0.459 e. The number of para-hydroxylation sites is 1. The maximum Gasteiger partial charge on any atom is 0.291 e. The number of benzene rings is 2. The minimum atomic E-state index is -0.353. The van der Waals surface area contributed by atoms with Gasteiger partial charge < -0.3 is 15.1 Å². The molecular weight excluding hydrogens is 372 g/mol. The molecule has 0 saturated heterocycles. The van der Waals surface area contributed by atoms with Crippen LogP contribution in [-0.2, 0) is 0 Å². The highest BCUT2D eigenvalue weighted by Crippen LogP contribution is 2.29. The van der Waals surface area contributed by atoms with Gasteiger partial charge in [0.05, 0.1) is 16.1 Å². The van der Waals surface area contributed by atoms with Gasteiger partial charge in [0.1, 0.15) is 0 Å². The Bertz CT molecular complexity index is 1100. The second kappa shape index (κ2) is 7.94. The molecule has 28 heavy (non-hydrogen) atoms. The summed E-state index contributed by atoms with van der Waals surface area (Å²) in [6.45, 7) is 0. The number of carbonyl (C=O) groups is 2. The SMILES string of the molecule is O=C(Nc1ccc(C(=O)Nc2ccccc2-c2ccccc2)s1)c1ccco1. The molecule has 0 aliphatic rings. The quantitative estimate of drug-likeness (QED) is 0.473. The zero-order chi connectivity index (χ0) is 19.3. The molecule has 2 heterocycles. The van der Waals surface area contributed by atoms with Crippen molar-refractivity contribution in [2.45, 2.75) is 0 Å². The van der Waals surface area contributed by atoms with Crippen molar-refractivity contribution in [3.63, 3.8) is 0 Å². The van der Waals surface area contributed by atoms with Crippen LogP contribution in [0.2, 0.25) is 0 Å². The smallest absolute Gasteiger partial charge is 0.291 e. The monoisotopic (exact) mass is 388 g/mol. The van der Waals surface area contributed by atoms with Crippen LogP contribution in [0.3, 0.4) is 0 Å². The van der Waals surface area contributed by atoms with Gasteiger partial charge in [0.25, 0.3) is 11.8 Å². The van der Waals surface area contributed by atoms with E-state index in [1.165, 1.54) is 17.6 Å². The van der Waals surface area contributed by atoms with Crippen LogP contribution in [0.4, 0.5) is 10.7 Å². The highest BCUT2D eigenvalue weighted by molar-refractivity contribution is 7.18. The number of anilines is 2. The predicted molar refractivity (Wildman–Crippen MR) is 111 cm³/mol. The summed E-state index contributed by atoms with van der Waals surface area (Å²) in [5.74, 6) is -0.365. The molecule has 2 N–H and O–H groups in total. The highest BCUT2D eigenvalue weighted by Gasteiger charge is 2.15. The summed E-state index contributed by atoms with van der Waals surface area (Å²) in [4.78, 5) is 25.2. The van der Waals surface area contributed by atoms with Crippen molar-refractivity contribution in [3.8, 4) is 11.1 Å². The number of hydrogen-bond acceptors (Lipinski definition) is 4. The van der Waals surface area contributed by atoms with Crippen molar-refractivity contribution in [2.75, 3.05) is 10.6 Å². The van der Waals surface area contributed by atoms with Gasteiger partial charge in [-0.15, -0.1) is 11.3 Å². The molecule has 0 radical (unpaired) electrons. The Labute approximate surface area is 165 Å². The van der Waals surface area contributed by atoms with Crippen LogP contribution in [0.15, 0.2) is 89.5 Å². The van der Waals surface area contributed by atoms with Crippen LogP contribution in [0, 0.1) is 0 Å². The maximum absolute atomic E-state index is 12.7. The lowest BCUT2D eigenvalue weighted by Crippen LogP contribution is -2.11. The number of hydrogen-bond donors (Lipinski definition) is 2. The maximum atomic E-state index is 12.7. The summed E-state index contributed by atoms with van der Waals surface area (Å²) in [5, 5.41) is 6.26. The third-order valence-electron chi connectivity index (χ3n) is 4.07. The van der Waals surface area contributed by atoms with E-state index in [9.17, 15) is 9.59 Å². The lowest BCUT2D eigenvalue weighted by Gasteiger charge is -2.10.